The van der Waals surface area contributed by atoms with Crippen molar-refractivity contribution in [2.75, 3.05) is 0 Å². The van der Waals surface area contributed by atoms with Gasteiger partial charge in [-0.05, 0) is 44.0 Å². The van der Waals surface area contributed by atoms with E-state index in [-0.39, 0.29) is 12.1 Å². The summed E-state index contributed by atoms with van der Waals surface area (Å²) in [6.07, 6.45) is 0.912. The number of aromatic nitrogens is 2. The van der Waals surface area contributed by atoms with E-state index in [0.717, 1.165) is 22.3 Å². The van der Waals surface area contributed by atoms with Gasteiger partial charge >= 0.3 is 0 Å². The number of hydrogen-bond acceptors (Lipinski definition) is 2. The molecule has 0 fully saturated rings. The first-order valence-electron chi connectivity index (χ1n) is 6.56. The first-order valence-corrected chi connectivity index (χ1v) is 7.36. The molecular weight excluding hydrogens is 302 g/mol. The molecule has 4 heteroatoms. The predicted molar refractivity (Wildman–Crippen MR) is 82.2 cm³/mol. The van der Waals surface area contributed by atoms with Crippen molar-refractivity contribution in [1.29, 1.82) is 0 Å². The Morgan fingerprint density at radius 2 is 2.05 bits per heavy atom. The Labute approximate surface area is 122 Å². The molecule has 0 radical (unpaired) electrons. The maximum absolute atomic E-state index is 6.33. The quantitative estimate of drug-likeness (QED) is 0.935. The summed E-state index contributed by atoms with van der Waals surface area (Å²) in [6, 6.07) is 10.5. The largest absolute Gasteiger partial charge is 0.326 e. The molecule has 102 valence electrons. The van der Waals surface area contributed by atoms with Crippen LogP contribution in [-0.2, 0) is 0 Å². The molecule has 2 atom stereocenters. The van der Waals surface area contributed by atoms with E-state index in [0.29, 0.717) is 0 Å². The molecule has 0 spiro atoms. The van der Waals surface area contributed by atoms with E-state index >= 15 is 0 Å². The van der Waals surface area contributed by atoms with Gasteiger partial charge in [0.2, 0.25) is 0 Å². The van der Waals surface area contributed by atoms with Gasteiger partial charge in [0.15, 0.2) is 0 Å². The fourth-order valence-corrected chi connectivity index (χ4v) is 2.83. The van der Waals surface area contributed by atoms with Crippen molar-refractivity contribution in [1.82, 2.24) is 9.78 Å². The third kappa shape index (κ3) is 3.07. The number of nitrogens with two attached hydrogens (primary N) is 1. The average molecular weight is 322 g/mol. The summed E-state index contributed by atoms with van der Waals surface area (Å²) in [7, 11) is 0. The lowest BCUT2D eigenvalue weighted by atomic mass is 9.98. The molecule has 0 aliphatic carbocycles. The summed E-state index contributed by atoms with van der Waals surface area (Å²) in [6.45, 7) is 6.20. The molecular formula is C15H20BrN3. The van der Waals surface area contributed by atoms with Crippen LogP contribution >= 0.6 is 15.9 Å². The number of hydrogen-bond donors (Lipinski definition) is 1. The van der Waals surface area contributed by atoms with Crippen molar-refractivity contribution in [2.45, 2.75) is 39.3 Å². The van der Waals surface area contributed by atoms with Gasteiger partial charge in [-0.3, -0.25) is 4.68 Å². The normalized spacial score (nSPS) is 14.4. The first kappa shape index (κ1) is 14.3. The Hall–Kier alpha value is -1.13. The zero-order valence-corrected chi connectivity index (χ0v) is 13.2. The smallest absolute Gasteiger partial charge is 0.0922 e. The lowest BCUT2D eigenvalue weighted by Gasteiger charge is -2.25. The second kappa shape index (κ2) is 5.88. The molecule has 1 aromatic carbocycles. The van der Waals surface area contributed by atoms with Crippen LogP contribution in [0.4, 0.5) is 0 Å². The van der Waals surface area contributed by atoms with Crippen LogP contribution in [0.25, 0.3) is 0 Å². The Morgan fingerprint density at radius 1 is 1.32 bits per heavy atom. The highest BCUT2D eigenvalue weighted by atomic mass is 79.9. The van der Waals surface area contributed by atoms with Crippen LogP contribution in [0, 0.1) is 13.8 Å². The third-order valence-electron chi connectivity index (χ3n) is 3.38. The van der Waals surface area contributed by atoms with Gasteiger partial charge in [-0.1, -0.05) is 35.0 Å². The van der Waals surface area contributed by atoms with Crippen LogP contribution in [0.2, 0.25) is 0 Å². The minimum Gasteiger partial charge on any atom is -0.326 e. The average Bonchev–Trinajstić information content (AvgIpc) is 2.69. The van der Waals surface area contributed by atoms with Gasteiger partial charge in [0.1, 0.15) is 0 Å². The van der Waals surface area contributed by atoms with Crippen molar-refractivity contribution in [3.8, 4) is 0 Å². The standard InChI is InChI=1S/C15H20BrN3/c1-4-14(17)15(12-6-5-7-13(16)9-12)19-11(3)8-10(2)18-19/h5-9,14-15H,4,17H2,1-3H3. The van der Waals surface area contributed by atoms with Crippen LogP contribution in [0.5, 0.6) is 0 Å². The molecule has 1 heterocycles. The minimum atomic E-state index is 0.0484. The molecule has 2 rings (SSSR count). The molecule has 1 aromatic heterocycles. The lowest BCUT2D eigenvalue weighted by molar-refractivity contribution is 0.415. The third-order valence-corrected chi connectivity index (χ3v) is 3.87. The fraction of sp³-hybridized carbons (Fsp3) is 0.400. The maximum Gasteiger partial charge on any atom is 0.0922 e. The van der Waals surface area contributed by atoms with E-state index in [9.17, 15) is 0 Å². The highest BCUT2D eigenvalue weighted by Gasteiger charge is 2.23. The minimum absolute atomic E-state index is 0.0484. The number of rotatable bonds is 4. The molecule has 2 aromatic rings. The zero-order chi connectivity index (χ0) is 14.0. The molecule has 19 heavy (non-hydrogen) atoms. The molecule has 2 unspecified atom stereocenters. The second-order valence-corrected chi connectivity index (χ2v) is 5.86. The van der Waals surface area contributed by atoms with Gasteiger partial charge in [-0.15, -0.1) is 0 Å². The summed E-state index contributed by atoms with van der Waals surface area (Å²) >= 11 is 3.53. The molecule has 0 saturated carbocycles. The highest BCUT2D eigenvalue weighted by molar-refractivity contribution is 9.10. The maximum atomic E-state index is 6.33. The summed E-state index contributed by atoms with van der Waals surface area (Å²) in [5.41, 5.74) is 9.70. The molecule has 2 N–H and O–H groups in total. The van der Waals surface area contributed by atoms with E-state index < -0.39 is 0 Å². The Morgan fingerprint density at radius 3 is 2.58 bits per heavy atom. The molecule has 0 saturated heterocycles. The van der Waals surface area contributed by atoms with E-state index in [1.54, 1.807) is 0 Å². The number of benzene rings is 1. The van der Waals surface area contributed by atoms with Crippen molar-refractivity contribution in [3.05, 3.63) is 51.8 Å². The van der Waals surface area contributed by atoms with Crippen LogP contribution in [0.15, 0.2) is 34.8 Å². The van der Waals surface area contributed by atoms with Crippen LogP contribution in [0.3, 0.4) is 0 Å². The number of aryl methyl sites for hydroxylation is 2. The summed E-state index contributed by atoms with van der Waals surface area (Å²) in [5, 5.41) is 4.61. The van der Waals surface area contributed by atoms with E-state index in [2.05, 4.69) is 53.1 Å². The monoisotopic (exact) mass is 321 g/mol. The molecule has 0 bridgehead atoms. The van der Waals surface area contributed by atoms with E-state index in [1.165, 1.54) is 5.56 Å². The van der Waals surface area contributed by atoms with E-state index in [4.69, 9.17) is 5.73 Å². The predicted octanol–water partition coefficient (Wildman–Crippen LogP) is 3.59. The highest BCUT2D eigenvalue weighted by Crippen LogP contribution is 2.26. The van der Waals surface area contributed by atoms with Gasteiger partial charge in [0.25, 0.3) is 0 Å². The molecule has 0 amide bonds. The molecule has 0 aliphatic heterocycles. The molecule has 3 nitrogen and oxygen atoms in total. The topological polar surface area (TPSA) is 43.8 Å². The van der Waals surface area contributed by atoms with Gasteiger partial charge in [0, 0.05) is 16.2 Å². The number of halogens is 1. The summed E-state index contributed by atoms with van der Waals surface area (Å²) in [4.78, 5) is 0. The Bertz CT molecular complexity index is 562. The zero-order valence-electron chi connectivity index (χ0n) is 11.6. The van der Waals surface area contributed by atoms with Gasteiger partial charge in [0.05, 0.1) is 11.7 Å². The van der Waals surface area contributed by atoms with Gasteiger partial charge in [-0.25, -0.2) is 0 Å². The van der Waals surface area contributed by atoms with Crippen molar-refractivity contribution in [2.24, 2.45) is 5.73 Å². The Balaban J connectivity index is 2.50. The lowest BCUT2D eigenvalue weighted by Crippen LogP contribution is -2.33. The van der Waals surface area contributed by atoms with Crippen molar-refractivity contribution in [3.63, 3.8) is 0 Å². The number of nitrogens with zero attached hydrogens (tertiary/aromatic N) is 2. The van der Waals surface area contributed by atoms with Crippen LogP contribution < -0.4 is 5.73 Å². The van der Waals surface area contributed by atoms with Crippen LogP contribution in [0.1, 0.15) is 36.3 Å². The SMILES string of the molecule is CCC(N)C(c1cccc(Br)c1)n1nc(C)cc1C. The van der Waals surface area contributed by atoms with Crippen molar-refractivity contribution < 1.29 is 0 Å². The van der Waals surface area contributed by atoms with Gasteiger partial charge in [-0.2, -0.15) is 5.10 Å². The summed E-state index contributed by atoms with van der Waals surface area (Å²) < 4.78 is 3.12. The van der Waals surface area contributed by atoms with Crippen molar-refractivity contribution >= 4 is 15.9 Å². The second-order valence-electron chi connectivity index (χ2n) is 4.94. The van der Waals surface area contributed by atoms with Gasteiger partial charge < -0.3 is 5.73 Å². The Kier molecular flexibility index (Phi) is 4.42. The molecule has 0 aliphatic rings. The summed E-state index contributed by atoms with van der Waals surface area (Å²) in [5.74, 6) is 0. The fourth-order valence-electron chi connectivity index (χ4n) is 2.41. The van der Waals surface area contributed by atoms with Crippen LogP contribution in [-0.4, -0.2) is 15.8 Å². The van der Waals surface area contributed by atoms with E-state index in [1.807, 2.05) is 23.7 Å². The first-order chi connectivity index (χ1) is 9.02.